The first-order chi connectivity index (χ1) is 17.3. The predicted molar refractivity (Wildman–Crippen MR) is 145 cm³/mol. The quantitative estimate of drug-likeness (QED) is 0.179. The van der Waals surface area contributed by atoms with Crippen molar-refractivity contribution in [3.8, 4) is 11.5 Å². The van der Waals surface area contributed by atoms with E-state index in [-0.39, 0.29) is 12.3 Å². The first-order valence-corrected chi connectivity index (χ1v) is 14.3. The molecule has 0 bridgehead atoms. The third-order valence-corrected chi connectivity index (χ3v) is 6.80. The molecule has 0 spiro atoms. The number of carbonyl (C=O) groups is 2. The second-order valence-corrected chi connectivity index (χ2v) is 10.7. The molecule has 0 radical (unpaired) electrons. The van der Waals surface area contributed by atoms with Crippen molar-refractivity contribution in [1.82, 2.24) is 5.32 Å². The molecular formula is C30H49NO5. The molecule has 0 aromatic heterocycles. The van der Waals surface area contributed by atoms with Crippen LogP contribution in [0.15, 0.2) is 18.2 Å². The summed E-state index contributed by atoms with van der Waals surface area (Å²) in [6.07, 6.45) is 19.7. The van der Waals surface area contributed by atoms with Crippen LogP contribution >= 0.6 is 0 Å². The molecular weight excluding hydrogens is 454 g/mol. The van der Waals surface area contributed by atoms with Gasteiger partial charge in [-0.1, -0.05) is 103 Å². The molecule has 36 heavy (non-hydrogen) atoms. The summed E-state index contributed by atoms with van der Waals surface area (Å²) in [6, 6.07) is 4.44. The van der Waals surface area contributed by atoms with E-state index in [1.165, 1.54) is 77.0 Å². The summed E-state index contributed by atoms with van der Waals surface area (Å²) >= 11 is 0. The van der Waals surface area contributed by atoms with Crippen LogP contribution < -0.4 is 14.8 Å². The molecule has 1 amide bonds. The fourth-order valence-corrected chi connectivity index (χ4v) is 4.75. The van der Waals surface area contributed by atoms with Crippen molar-refractivity contribution in [2.45, 2.75) is 142 Å². The fraction of sp³-hybridized carbons (Fsp3) is 0.733. The van der Waals surface area contributed by atoms with Crippen molar-refractivity contribution >= 4 is 11.9 Å². The number of fused-ring (bicyclic) bond motifs is 1. The topological polar surface area (TPSA) is 84.9 Å². The Labute approximate surface area is 218 Å². The SMILES string of the molecule is CCCCCCCCCCCCCCCCCC(=O)N[C@@H](Cc1ccc2c(c1)OC(C)(C)O2)C(=O)O. The zero-order valence-corrected chi connectivity index (χ0v) is 22.9. The van der Waals surface area contributed by atoms with E-state index in [2.05, 4.69) is 12.2 Å². The standard InChI is InChI=1S/C30H49NO5/c1-4-5-6-7-8-9-10-11-12-13-14-15-16-17-18-19-28(32)31-25(29(33)34)22-24-20-21-26-27(23-24)36-30(2,3)35-26/h20-21,23,25H,4-19,22H2,1-3H3,(H,31,32)(H,33,34)/t25-/m0/s1. The second-order valence-electron chi connectivity index (χ2n) is 10.7. The van der Waals surface area contributed by atoms with Crippen LogP contribution in [0.25, 0.3) is 0 Å². The molecule has 0 aliphatic carbocycles. The van der Waals surface area contributed by atoms with E-state index >= 15 is 0 Å². The lowest BCUT2D eigenvalue weighted by Gasteiger charge is -2.16. The van der Waals surface area contributed by atoms with Gasteiger partial charge in [-0.2, -0.15) is 0 Å². The molecule has 0 saturated carbocycles. The maximum absolute atomic E-state index is 12.3. The number of amides is 1. The van der Waals surface area contributed by atoms with E-state index in [4.69, 9.17) is 9.47 Å². The molecule has 2 rings (SSSR count). The van der Waals surface area contributed by atoms with Gasteiger partial charge >= 0.3 is 5.97 Å². The van der Waals surface area contributed by atoms with Gasteiger partial charge in [-0.25, -0.2) is 4.79 Å². The Kier molecular flexibility index (Phi) is 13.7. The van der Waals surface area contributed by atoms with Crippen molar-refractivity contribution < 1.29 is 24.2 Å². The summed E-state index contributed by atoms with van der Waals surface area (Å²) < 4.78 is 11.4. The van der Waals surface area contributed by atoms with E-state index in [0.29, 0.717) is 17.9 Å². The zero-order valence-electron chi connectivity index (χ0n) is 22.9. The summed E-state index contributed by atoms with van der Waals surface area (Å²) in [5, 5.41) is 12.3. The van der Waals surface area contributed by atoms with Gasteiger partial charge in [0.15, 0.2) is 11.5 Å². The van der Waals surface area contributed by atoms with E-state index in [1.54, 1.807) is 12.1 Å². The Morgan fingerprint density at radius 1 is 0.806 bits per heavy atom. The van der Waals surface area contributed by atoms with Gasteiger partial charge in [0.2, 0.25) is 11.7 Å². The minimum absolute atomic E-state index is 0.195. The van der Waals surface area contributed by atoms with Crippen molar-refractivity contribution in [2.75, 3.05) is 0 Å². The van der Waals surface area contributed by atoms with Crippen LogP contribution in [0.1, 0.15) is 129 Å². The second kappa shape index (κ2) is 16.5. The van der Waals surface area contributed by atoms with Gasteiger partial charge in [-0.15, -0.1) is 0 Å². The number of rotatable bonds is 20. The molecule has 0 saturated heterocycles. The fourth-order valence-electron chi connectivity index (χ4n) is 4.75. The Bertz CT molecular complexity index is 792. The highest BCUT2D eigenvalue weighted by Gasteiger charge is 2.32. The highest BCUT2D eigenvalue weighted by atomic mass is 16.7. The van der Waals surface area contributed by atoms with Gasteiger partial charge in [0.25, 0.3) is 0 Å². The highest BCUT2D eigenvalue weighted by molar-refractivity contribution is 5.83. The minimum Gasteiger partial charge on any atom is -0.480 e. The van der Waals surface area contributed by atoms with Crippen LogP contribution in [0.2, 0.25) is 0 Å². The van der Waals surface area contributed by atoms with Crippen LogP contribution in [-0.4, -0.2) is 28.8 Å². The largest absolute Gasteiger partial charge is 0.480 e. The summed E-state index contributed by atoms with van der Waals surface area (Å²) in [5.74, 6) is -0.704. The highest BCUT2D eigenvalue weighted by Crippen LogP contribution is 2.39. The number of hydrogen-bond donors (Lipinski definition) is 2. The number of carbonyl (C=O) groups excluding carboxylic acids is 1. The molecule has 6 heteroatoms. The van der Waals surface area contributed by atoms with E-state index in [1.807, 2.05) is 19.9 Å². The van der Waals surface area contributed by atoms with Crippen molar-refractivity contribution in [1.29, 1.82) is 0 Å². The minimum atomic E-state index is -1.03. The molecule has 1 aromatic carbocycles. The Morgan fingerprint density at radius 3 is 1.83 bits per heavy atom. The summed E-state index contributed by atoms with van der Waals surface area (Å²) in [6.45, 7) is 5.91. The van der Waals surface area contributed by atoms with E-state index in [0.717, 1.165) is 24.8 Å². The van der Waals surface area contributed by atoms with Gasteiger partial charge < -0.3 is 19.9 Å². The lowest BCUT2D eigenvalue weighted by atomic mass is 10.0. The van der Waals surface area contributed by atoms with Crippen LogP contribution in [0.4, 0.5) is 0 Å². The molecule has 204 valence electrons. The average Bonchev–Trinajstić information content (AvgIpc) is 3.14. The zero-order chi connectivity index (χ0) is 26.2. The molecule has 0 unspecified atom stereocenters. The lowest BCUT2D eigenvalue weighted by Crippen LogP contribution is -2.42. The summed E-state index contributed by atoms with van der Waals surface area (Å²) in [4.78, 5) is 24.1. The maximum Gasteiger partial charge on any atom is 0.326 e. The van der Waals surface area contributed by atoms with Crippen molar-refractivity contribution in [3.63, 3.8) is 0 Å². The molecule has 1 aliphatic rings. The first kappa shape index (κ1) is 30.0. The third-order valence-electron chi connectivity index (χ3n) is 6.80. The molecule has 1 heterocycles. The molecule has 1 atom stereocenters. The van der Waals surface area contributed by atoms with Gasteiger partial charge in [-0.3, -0.25) is 4.79 Å². The number of nitrogens with one attached hydrogen (secondary N) is 1. The summed E-state index contributed by atoms with van der Waals surface area (Å²) in [5.41, 5.74) is 0.787. The average molecular weight is 504 g/mol. The van der Waals surface area contributed by atoms with Gasteiger partial charge in [0.05, 0.1) is 0 Å². The number of unbranched alkanes of at least 4 members (excludes halogenated alkanes) is 14. The number of carboxylic acids is 1. The molecule has 6 nitrogen and oxygen atoms in total. The molecule has 0 fully saturated rings. The maximum atomic E-state index is 12.3. The molecule has 2 N–H and O–H groups in total. The number of carboxylic acid groups (broad SMARTS) is 1. The van der Waals surface area contributed by atoms with E-state index in [9.17, 15) is 14.7 Å². The monoisotopic (exact) mass is 503 g/mol. The molecule has 1 aliphatic heterocycles. The number of ether oxygens (including phenoxy) is 2. The van der Waals surface area contributed by atoms with Gasteiger partial charge in [0.1, 0.15) is 6.04 Å². The predicted octanol–water partition coefficient (Wildman–Crippen LogP) is 7.57. The Hall–Kier alpha value is -2.24. The third kappa shape index (κ3) is 12.1. The number of hydrogen-bond acceptors (Lipinski definition) is 4. The van der Waals surface area contributed by atoms with Crippen molar-refractivity contribution in [3.05, 3.63) is 23.8 Å². The normalized spacial score (nSPS) is 14.5. The van der Waals surface area contributed by atoms with Crippen LogP contribution in [0, 0.1) is 0 Å². The summed E-state index contributed by atoms with van der Waals surface area (Å²) in [7, 11) is 0. The number of benzene rings is 1. The molecule has 1 aromatic rings. The first-order valence-electron chi connectivity index (χ1n) is 14.3. The van der Waals surface area contributed by atoms with Gasteiger partial charge in [-0.05, 0) is 24.1 Å². The Morgan fingerprint density at radius 2 is 1.31 bits per heavy atom. The van der Waals surface area contributed by atoms with Crippen molar-refractivity contribution in [2.24, 2.45) is 0 Å². The Balaban J connectivity index is 1.51. The number of aliphatic carboxylic acids is 1. The van der Waals surface area contributed by atoms with Crippen LogP contribution in [0.5, 0.6) is 11.5 Å². The van der Waals surface area contributed by atoms with Crippen LogP contribution in [0.3, 0.4) is 0 Å². The van der Waals surface area contributed by atoms with Gasteiger partial charge in [0, 0.05) is 26.7 Å². The van der Waals surface area contributed by atoms with E-state index < -0.39 is 17.8 Å². The van der Waals surface area contributed by atoms with Crippen LogP contribution in [-0.2, 0) is 16.0 Å². The lowest BCUT2D eigenvalue weighted by molar-refractivity contribution is -0.141. The smallest absolute Gasteiger partial charge is 0.326 e.